The molecule has 0 unspecified atom stereocenters. The first-order valence-electron chi connectivity index (χ1n) is 4.89. The highest BCUT2D eigenvalue weighted by Crippen LogP contribution is 2.15. The topological polar surface area (TPSA) is 12.9 Å². The summed E-state index contributed by atoms with van der Waals surface area (Å²) in [6.45, 7) is 0. The van der Waals surface area contributed by atoms with Crippen LogP contribution in [-0.4, -0.2) is 4.98 Å². The lowest BCUT2D eigenvalue weighted by molar-refractivity contribution is 0.598. The molecular formula is C13H8BrF2N. The van der Waals surface area contributed by atoms with Gasteiger partial charge in [-0.25, -0.2) is 8.78 Å². The van der Waals surface area contributed by atoms with Crippen LogP contribution in [0, 0.1) is 11.6 Å². The van der Waals surface area contributed by atoms with E-state index >= 15 is 0 Å². The van der Waals surface area contributed by atoms with E-state index in [9.17, 15) is 8.78 Å². The van der Waals surface area contributed by atoms with E-state index in [1.165, 1.54) is 6.08 Å². The Morgan fingerprint density at radius 2 is 1.88 bits per heavy atom. The molecule has 2 rings (SSSR count). The van der Waals surface area contributed by atoms with Crippen molar-refractivity contribution in [3.63, 3.8) is 0 Å². The third kappa shape index (κ3) is 3.20. The van der Waals surface area contributed by atoms with Crippen LogP contribution >= 0.6 is 15.9 Å². The second-order valence-corrected chi connectivity index (χ2v) is 4.35. The summed E-state index contributed by atoms with van der Waals surface area (Å²) >= 11 is 3.28. The van der Waals surface area contributed by atoms with Crippen LogP contribution in [0.2, 0.25) is 0 Å². The van der Waals surface area contributed by atoms with Gasteiger partial charge in [-0.1, -0.05) is 12.2 Å². The van der Waals surface area contributed by atoms with Gasteiger partial charge in [0.15, 0.2) is 0 Å². The van der Waals surface area contributed by atoms with Gasteiger partial charge in [0.1, 0.15) is 11.6 Å². The lowest BCUT2D eigenvalue weighted by Gasteiger charge is -1.97. The van der Waals surface area contributed by atoms with Crippen molar-refractivity contribution in [3.8, 4) is 0 Å². The molecule has 0 aliphatic rings. The number of rotatable bonds is 2. The molecule has 0 spiro atoms. The highest BCUT2D eigenvalue weighted by atomic mass is 79.9. The van der Waals surface area contributed by atoms with Gasteiger partial charge in [0.05, 0.1) is 0 Å². The fraction of sp³-hybridized carbons (Fsp3) is 0. The summed E-state index contributed by atoms with van der Waals surface area (Å²) in [7, 11) is 0. The second-order valence-electron chi connectivity index (χ2n) is 3.44. The smallest absolute Gasteiger partial charge is 0.130 e. The molecule has 86 valence electrons. The molecule has 0 saturated heterocycles. The third-order valence-corrected chi connectivity index (χ3v) is 2.57. The van der Waals surface area contributed by atoms with Crippen LogP contribution in [0.3, 0.4) is 0 Å². The highest BCUT2D eigenvalue weighted by Gasteiger charge is 2.00. The summed E-state index contributed by atoms with van der Waals surface area (Å²) in [4.78, 5) is 3.97. The first kappa shape index (κ1) is 11.9. The first-order chi connectivity index (χ1) is 8.15. The number of pyridine rings is 1. The van der Waals surface area contributed by atoms with Crippen LogP contribution in [0.5, 0.6) is 0 Å². The van der Waals surface area contributed by atoms with E-state index in [4.69, 9.17) is 0 Å². The molecule has 1 aromatic heterocycles. The third-order valence-electron chi connectivity index (χ3n) is 2.14. The number of halogens is 3. The summed E-state index contributed by atoms with van der Waals surface area (Å²) in [5.74, 6) is -0.913. The Balaban J connectivity index is 2.29. The maximum atomic E-state index is 13.3. The average Bonchev–Trinajstić information content (AvgIpc) is 2.30. The molecule has 0 amide bonds. The molecule has 0 fully saturated rings. The van der Waals surface area contributed by atoms with Gasteiger partial charge < -0.3 is 0 Å². The molecule has 0 N–H and O–H groups in total. The van der Waals surface area contributed by atoms with E-state index in [-0.39, 0.29) is 5.56 Å². The predicted molar refractivity (Wildman–Crippen MR) is 67.2 cm³/mol. The Labute approximate surface area is 106 Å². The van der Waals surface area contributed by atoms with Gasteiger partial charge in [-0.2, -0.15) is 0 Å². The fourth-order valence-corrected chi connectivity index (χ4v) is 1.73. The van der Waals surface area contributed by atoms with Gasteiger partial charge >= 0.3 is 0 Å². The normalized spacial score (nSPS) is 11.0. The highest BCUT2D eigenvalue weighted by molar-refractivity contribution is 9.10. The van der Waals surface area contributed by atoms with Crippen molar-refractivity contribution in [2.24, 2.45) is 0 Å². The maximum Gasteiger partial charge on any atom is 0.130 e. The number of hydrogen-bond acceptors (Lipinski definition) is 1. The molecule has 1 heterocycles. The molecule has 1 aromatic carbocycles. The van der Waals surface area contributed by atoms with E-state index in [0.717, 1.165) is 28.2 Å². The van der Waals surface area contributed by atoms with Crippen molar-refractivity contribution in [2.75, 3.05) is 0 Å². The van der Waals surface area contributed by atoms with Crippen LogP contribution in [0.15, 0.2) is 41.1 Å². The first-order valence-corrected chi connectivity index (χ1v) is 5.68. The minimum absolute atomic E-state index is 0.213. The van der Waals surface area contributed by atoms with Crippen LogP contribution in [-0.2, 0) is 0 Å². The van der Waals surface area contributed by atoms with E-state index in [2.05, 4.69) is 20.9 Å². The lowest BCUT2D eigenvalue weighted by Crippen LogP contribution is -1.84. The molecule has 1 nitrogen and oxygen atoms in total. The van der Waals surface area contributed by atoms with Crippen molar-refractivity contribution in [1.82, 2.24) is 4.98 Å². The Hall–Kier alpha value is -1.55. The van der Waals surface area contributed by atoms with Gasteiger partial charge in [-0.3, -0.25) is 4.98 Å². The molecule has 0 saturated carbocycles. The quantitative estimate of drug-likeness (QED) is 0.805. The zero-order valence-electron chi connectivity index (χ0n) is 8.70. The van der Waals surface area contributed by atoms with E-state index < -0.39 is 11.6 Å². The molecule has 0 radical (unpaired) electrons. The zero-order chi connectivity index (χ0) is 12.3. The van der Waals surface area contributed by atoms with Crippen molar-refractivity contribution in [3.05, 3.63) is 63.9 Å². The largest absolute Gasteiger partial charge is 0.263 e. The number of aromatic nitrogens is 1. The zero-order valence-corrected chi connectivity index (χ0v) is 10.3. The van der Waals surface area contributed by atoms with Crippen molar-refractivity contribution in [1.29, 1.82) is 0 Å². The maximum absolute atomic E-state index is 13.3. The Morgan fingerprint density at radius 3 is 2.65 bits per heavy atom. The molecule has 2 aromatic rings. The second kappa shape index (κ2) is 5.19. The molecule has 17 heavy (non-hydrogen) atoms. The van der Waals surface area contributed by atoms with E-state index in [1.807, 2.05) is 6.07 Å². The Kier molecular flexibility index (Phi) is 3.64. The van der Waals surface area contributed by atoms with Crippen LogP contribution in [0.25, 0.3) is 12.2 Å². The molecule has 0 aliphatic carbocycles. The van der Waals surface area contributed by atoms with Gasteiger partial charge in [0.2, 0.25) is 0 Å². The molecule has 0 atom stereocenters. The molecule has 0 bridgehead atoms. The molecule has 0 aliphatic heterocycles. The van der Waals surface area contributed by atoms with Crippen molar-refractivity contribution < 1.29 is 8.78 Å². The van der Waals surface area contributed by atoms with Gasteiger partial charge in [-0.15, -0.1) is 0 Å². The molecular weight excluding hydrogens is 288 g/mol. The predicted octanol–water partition coefficient (Wildman–Crippen LogP) is 4.29. The Morgan fingerprint density at radius 1 is 1.06 bits per heavy atom. The summed E-state index contributed by atoms with van der Waals surface area (Å²) in [5.41, 5.74) is 1.02. The van der Waals surface area contributed by atoms with Crippen molar-refractivity contribution >= 4 is 28.1 Å². The number of benzene rings is 1. The standard InChI is InChI=1S/C13H8BrF2N/c14-11-5-9(7-17-8-11)1-2-10-6-12(15)3-4-13(10)16/h1-8H/b2-1+. The molecule has 4 heteroatoms. The van der Waals surface area contributed by atoms with E-state index in [1.54, 1.807) is 18.5 Å². The van der Waals surface area contributed by atoms with Crippen LogP contribution in [0.1, 0.15) is 11.1 Å². The van der Waals surface area contributed by atoms with Gasteiger partial charge in [-0.05, 0) is 45.8 Å². The average molecular weight is 296 g/mol. The summed E-state index contributed by atoms with van der Waals surface area (Å²) in [6, 6.07) is 5.18. The SMILES string of the molecule is Fc1ccc(F)c(/C=C/c2cncc(Br)c2)c1. The summed E-state index contributed by atoms with van der Waals surface area (Å²) < 4.78 is 27.1. The van der Waals surface area contributed by atoms with Crippen LogP contribution in [0.4, 0.5) is 8.78 Å². The lowest BCUT2D eigenvalue weighted by atomic mass is 10.1. The fourth-order valence-electron chi connectivity index (χ4n) is 1.35. The minimum atomic E-state index is -0.460. The van der Waals surface area contributed by atoms with E-state index in [0.29, 0.717) is 0 Å². The number of nitrogens with zero attached hydrogens (tertiary/aromatic N) is 1. The van der Waals surface area contributed by atoms with Gasteiger partial charge in [0, 0.05) is 22.4 Å². The minimum Gasteiger partial charge on any atom is -0.263 e. The van der Waals surface area contributed by atoms with Crippen molar-refractivity contribution in [2.45, 2.75) is 0 Å². The summed E-state index contributed by atoms with van der Waals surface area (Å²) in [6.07, 6.45) is 6.48. The summed E-state index contributed by atoms with van der Waals surface area (Å²) in [5, 5.41) is 0. The monoisotopic (exact) mass is 295 g/mol. The Bertz CT molecular complexity index is 567. The number of hydrogen-bond donors (Lipinski definition) is 0. The van der Waals surface area contributed by atoms with Gasteiger partial charge in [0.25, 0.3) is 0 Å². The van der Waals surface area contributed by atoms with Crippen LogP contribution < -0.4 is 0 Å².